The second-order valence-electron chi connectivity index (χ2n) is 7.91. The number of hydrogen-bond donors (Lipinski definition) is 2. The predicted molar refractivity (Wildman–Crippen MR) is 144 cm³/mol. The van der Waals surface area contributed by atoms with Crippen LogP contribution in [0.25, 0.3) is 6.08 Å². The van der Waals surface area contributed by atoms with Crippen molar-refractivity contribution >= 4 is 45.2 Å². The Morgan fingerprint density at radius 2 is 1.67 bits per heavy atom. The van der Waals surface area contributed by atoms with E-state index in [1.165, 1.54) is 6.08 Å². The Bertz CT molecular complexity index is 1330. The van der Waals surface area contributed by atoms with Gasteiger partial charge in [-0.05, 0) is 108 Å². The number of carbonyl (C=O) groups excluding carboxylic acids is 2. The molecule has 0 atom stereocenters. The number of ether oxygens (including phenoxy) is 2. The number of amides is 2. The first kappa shape index (κ1) is 26.5. The maximum atomic E-state index is 12.6. The number of nitrogens with zero attached hydrogens (tertiary/aromatic N) is 1. The molecule has 0 bridgehead atoms. The van der Waals surface area contributed by atoms with Gasteiger partial charge in [0.2, 0.25) is 0 Å². The van der Waals surface area contributed by atoms with Gasteiger partial charge in [0.15, 0.2) is 6.61 Å². The van der Waals surface area contributed by atoms with Gasteiger partial charge < -0.3 is 20.1 Å². The Kier molecular flexibility index (Phi) is 9.25. The number of nitrogens with one attached hydrogen (secondary N) is 2. The van der Waals surface area contributed by atoms with Crippen molar-refractivity contribution in [3.63, 3.8) is 0 Å². The lowest BCUT2D eigenvalue weighted by Gasteiger charge is -2.11. The molecule has 3 rings (SSSR count). The fraction of sp³-hybridized carbons (Fsp3) is 0.179. The van der Waals surface area contributed by atoms with E-state index in [-0.39, 0.29) is 18.1 Å². The Balaban J connectivity index is 1.61. The summed E-state index contributed by atoms with van der Waals surface area (Å²) in [5.74, 6) is 0.342. The zero-order chi connectivity index (χ0) is 26.1. The van der Waals surface area contributed by atoms with Crippen molar-refractivity contribution in [3.05, 3.63) is 87.4 Å². The summed E-state index contributed by atoms with van der Waals surface area (Å²) < 4.78 is 11.6. The summed E-state index contributed by atoms with van der Waals surface area (Å²) in [4.78, 5) is 24.8. The normalized spacial score (nSPS) is 10.8. The van der Waals surface area contributed by atoms with E-state index in [1.54, 1.807) is 42.5 Å². The standard InChI is InChI=1S/C28H26BrN3O4/c1-4-35-24-10-8-22(9-11-24)32-28(34)21(16-30)14-20-6-12-26(25(29)15-20)36-17-27(33)31-23-7-5-18(2)19(3)13-23/h5-15H,4,17H2,1-3H3,(H,31,33)(H,32,34)/b21-14+. The zero-order valence-electron chi connectivity index (χ0n) is 20.2. The molecule has 0 saturated carbocycles. The van der Waals surface area contributed by atoms with Crippen molar-refractivity contribution in [2.45, 2.75) is 20.8 Å². The quantitative estimate of drug-likeness (QED) is 0.251. The van der Waals surface area contributed by atoms with E-state index >= 15 is 0 Å². The van der Waals surface area contributed by atoms with Gasteiger partial charge in [-0.2, -0.15) is 5.26 Å². The molecule has 0 saturated heterocycles. The third-order valence-corrected chi connectivity index (χ3v) is 5.82. The van der Waals surface area contributed by atoms with E-state index in [4.69, 9.17) is 9.47 Å². The highest BCUT2D eigenvalue weighted by molar-refractivity contribution is 9.10. The Morgan fingerprint density at radius 1 is 0.944 bits per heavy atom. The van der Waals surface area contributed by atoms with Crippen LogP contribution >= 0.6 is 15.9 Å². The molecule has 0 aliphatic rings. The first-order chi connectivity index (χ1) is 17.3. The van der Waals surface area contributed by atoms with E-state index in [0.717, 1.165) is 11.1 Å². The van der Waals surface area contributed by atoms with Crippen LogP contribution in [0, 0.1) is 25.2 Å². The topological polar surface area (TPSA) is 100 Å². The Hall–Kier alpha value is -4.09. The number of halogens is 1. The minimum atomic E-state index is -0.527. The zero-order valence-corrected chi connectivity index (χ0v) is 21.8. The number of rotatable bonds is 9. The van der Waals surface area contributed by atoms with Crippen molar-refractivity contribution in [2.75, 3.05) is 23.8 Å². The molecule has 3 aromatic carbocycles. The Morgan fingerprint density at radius 3 is 2.31 bits per heavy atom. The predicted octanol–water partition coefficient (Wildman–Crippen LogP) is 6.03. The van der Waals surface area contributed by atoms with Gasteiger partial charge in [-0.3, -0.25) is 9.59 Å². The molecule has 0 unspecified atom stereocenters. The molecule has 3 aromatic rings. The number of carbonyl (C=O) groups is 2. The number of anilines is 2. The summed E-state index contributed by atoms with van der Waals surface area (Å²) in [6, 6.07) is 19.6. The minimum Gasteiger partial charge on any atom is -0.494 e. The van der Waals surface area contributed by atoms with Gasteiger partial charge in [-0.1, -0.05) is 12.1 Å². The SMILES string of the molecule is CCOc1ccc(NC(=O)/C(C#N)=C/c2ccc(OCC(=O)Nc3ccc(C)c(C)c3)c(Br)c2)cc1. The maximum Gasteiger partial charge on any atom is 0.266 e. The fourth-order valence-corrected chi connectivity index (χ4v) is 3.71. The summed E-state index contributed by atoms with van der Waals surface area (Å²) in [7, 11) is 0. The molecule has 36 heavy (non-hydrogen) atoms. The molecule has 7 nitrogen and oxygen atoms in total. The summed E-state index contributed by atoms with van der Waals surface area (Å²) in [6.07, 6.45) is 1.48. The summed E-state index contributed by atoms with van der Waals surface area (Å²) >= 11 is 3.42. The van der Waals surface area contributed by atoms with Crippen LogP contribution in [0.1, 0.15) is 23.6 Å². The van der Waals surface area contributed by atoms with Crippen LogP contribution < -0.4 is 20.1 Å². The second-order valence-corrected chi connectivity index (χ2v) is 8.76. The lowest BCUT2D eigenvalue weighted by Crippen LogP contribution is -2.20. The van der Waals surface area contributed by atoms with Gasteiger partial charge >= 0.3 is 0 Å². The molecule has 0 aromatic heterocycles. The highest BCUT2D eigenvalue weighted by Gasteiger charge is 2.12. The maximum absolute atomic E-state index is 12.6. The minimum absolute atomic E-state index is 0.0581. The first-order valence-corrected chi connectivity index (χ1v) is 12.0. The number of nitriles is 1. The molecule has 8 heteroatoms. The molecule has 0 radical (unpaired) electrons. The van der Waals surface area contributed by atoms with Gasteiger partial charge in [0.05, 0.1) is 11.1 Å². The summed E-state index contributed by atoms with van der Waals surface area (Å²) in [6.45, 7) is 6.26. The van der Waals surface area contributed by atoms with E-state index in [0.29, 0.717) is 39.5 Å². The fourth-order valence-electron chi connectivity index (χ4n) is 3.20. The van der Waals surface area contributed by atoms with E-state index in [9.17, 15) is 14.9 Å². The van der Waals surface area contributed by atoms with Crippen LogP contribution in [-0.4, -0.2) is 25.0 Å². The average molecular weight is 548 g/mol. The number of aryl methyl sites for hydroxylation is 2. The first-order valence-electron chi connectivity index (χ1n) is 11.2. The van der Waals surface area contributed by atoms with Crippen LogP contribution in [-0.2, 0) is 9.59 Å². The van der Waals surface area contributed by atoms with Gasteiger partial charge in [0, 0.05) is 11.4 Å². The second kappa shape index (κ2) is 12.6. The van der Waals surface area contributed by atoms with Gasteiger partial charge in [-0.25, -0.2) is 0 Å². The van der Waals surface area contributed by atoms with Crippen molar-refractivity contribution in [1.82, 2.24) is 0 Å². The number of benzene rings is 3. The molecule has 0 fully saturated rings. The third kappa shape index (κ3) is 7.45. The molecule has 0 aliphatic carbocycles. The van der Waals surface area contributed by atoms with Gasteiger partial charge in [0.25, 0.3) is 11.8 Å². The van der Waals surface area contributed by atoms with E-state index in [1.807, 2.05) is 45.0 Å². The van der Waals surface area contributed by atoms with Crippen LogP contribution in [0.5, 0.6) is 11.5 Å². The van der Waals surface area contributed by atoms with E-state index < -0.39 is 5.91 Å². The molecule has 0 spiro atoms. The average Bonchev–Trinajstić information content (AvgIpc) is 2.85. The van der Waals surface area contributed by atoms with E-state index in [2.05, 4.69) is 26.6 Å². The smallest absolute Gasteiger partial charge is 0.266 e. The van der Waals surface area contributed by atoms with Crippen LogP contribution in [0.2, 0.25) is 0 Å². The molecular weight excluding hydrogens is 522 g/mol. The monoisotopic (exact) mass is 547 g/mol. The number of hydrogen-bond acceptors (Lipinski definition) is 5. The summed E-state index contributed by atoms with van der Waals surface area (Å²) in [5.41, 5.74) is 4.05. The van der Waals surface area contributed by atoms with Crippen molar-refractivity contribution < 1.29 is 19.1 Å². The molecule has 2 N–H and O–H groups in total. The lowest BCUT2D eigenvalue weighted by molar-refractivity contribution is -0.118. The van der Waals surface area contributed by atoms with Crippen molar-refractivity contribution in [3.8, 4) is 17.6 Å². The van der Waals surface area contributed by atoms with Crippen molar-refractivity contribution in [1.29, 1.82) is 5.26 Å². The van der Waals surface area contributed by atoms with Crippen LogP contribution in [0.4, 0.5) is 11.4 Å². The van der Waals surface area contributed by atoms with Crippen LogP contribution in [0.3, 0.4) is 0 Å². The summed E-state index contributed by atoms with van der Waals surface area (Å²) in [5, 5.41) is 15.0. The molecular formula is C28H26BrN3O4. The van der Waals surface area contributed by atoms with Gasteiger partial charge in [0.1, 0.15) is 23.1 Å². The Labute approximate surface area is 218 Å². The lowest BCUT2D eigenvalue weighted by atomic mass is 10.1. The molecule has 2 amide bonds. The highest BCUT2D eigenvalue weighted by Crippen LogP contribution is 2.27. The molecule has 0 aliphatic heterocycles. The molecule has 184 valence electrons. The highest BCUT2D eigenvalue weighted by atomic mass is 79.9. The molecule has 0 heterocycles. The van der Waals surface area contributed by atoms with Crippen molar-refractivity contribution in [2.24, 2.45) is 0 Å². The largest absolute Gasteiger partial charge is 0.494 e. The third-order valence-electron chi connectivity index (χ3n) is 5.20. The van der Waals surface area contributed by atoms with Gasteiger partial charge in [-0.15, -0.1) is 0 Å². The van der Waals surface area contributed by atoms with Crippen LogP contribution in [0.15, 0.2) is 70.7 Å².